The van der Waals surface area contributed by atoms with Crippen LogP contribution in [0.3, 0.4) is 0 Å². The zero-order chi connectivity index (χ0) is 7.90. The lowest BCUT2D eigenvalue weighted by Gasteiger charge is -2.44. The average molecular weight is 158 g/mol. The lowest BCUT2D eigenvalue weighted by Crippen LogP contribution is -2.51. The minimum atomic E-state index is -0.429. The molecule has 3 atom stereocenters. The van der Waals surface area contributed by atoms with Crippen molar-refractivity contribution in [3.8, 4) is 0 Å². The van der Waals surface area contributed by atoms with Crippen LogP contribution in [0.4, 0.5) is 0 Å². The van der Waals surface area contributed by atoms with Crippen molar-refractivity contribution in [2.45, 2.75) is 37.9 Å². The van der Waals surface area contributed by atoms with E-state index in [9.17, 15) is 5.11 Å². The van der Waals surface area contributed by atoms with Crippen LogP contribution in [-0.2, 0) is 9.78 Å². The van der Waals surface area contributed by atoms with E-state index in [1.165, 1.54) is 0 Å². The van der Waals surface area contributed by atoms with Gasteiger partial charge in [-0.25, -0.2) is 9.78 Å². The van der Waals surface area contributed by atoms with Crippen molar-refractivity contribution in [2.75, 3.05) is 6.61 Å². The zero-order valence-electron chi connectivity index (χ0n) is 6.75. The van der Waals surface area contributed by atoms with Gasteiger partial charge in [0.05, 0.1) is 12.7 Å². The largest absolute Gasteiger partial charge is 0.390 e. The van der Waals surface area contributed by atoms with Crippen LogP contribution in [-0.4, -0.2) is 23.4 Å². The van der Waals surface area contributed by atoms with Crippen LogP contribution in [0, 0.1) is 5.92 Å². The van der Waals surface area contributed by atoms with Gasteiger partial charge in [-0.3, -0.25) is 0 Å². The van der Waals surface area contributed by atoms with Crippen molar-refractivity contribution in [1.82, 2.24) is 0 Å². The normalized spacial score (nSPS) is 50.7. The summed E-state index contributed by atoms with van der Waals surface area (Å²) in [4.78, 5) is 10.0. The van der Waals surface area contributed by atoms with Gasteiger partial charge in [0, 0.05) is 0 Å². The first-order valence-electron chi connectivity index (χ1n) is 4.19. The molecule has 0 aromatic rings. The first-order valence-corrected chi connectivity index (χ1v) is 4.19. The maximum Gasteiger partial charge on any atom is 0.127 e. The quantitative estimate of drug-likeness (QED) is 0.531. The molecule has 11 heavy (non-hydrogen) atoms. The molecule has 64 valence electrons. The Hall–Kier alpha value is -0.120. The topological polar surface area (TPSA) is 38.7 Å². The molecule has 3 heteroatoms. The third-order valence-electron chi connectivity index (χ3n) is 2.80. The fraction of sp³-hybridized carbons (Fsp3) is 1.00. The Morgan fingerprint density at radius 3 is 3.00 bits per heavy atom. The van der Waals surface area contributed by atoms with Crippen LogP contribution >= 0.6 is 0 Å². The molecule has 0 aromatic heterocycles. The molecule has 0 radical (unpaired) electrons. The van der Waals surface area contributed by atoms with Crippen LogP contribution in [0.5, 0.6) is 0 Å². The highest BCUT2D eigenvalue weighted by molar-refractivity contribution is 4.91. The molecule has 1 heterocycles. The minimum Gasteiger partial charge on any atom is -0.390 e. The van der Waals surface area contributed by atoms with Gasteiger partial charge in [-0.2, -0.15) is 0 Å². The summed E-state index contributed by atoms with van der Waals surface area (Å²) in [5.41, 5.74) is -0.429. The summed E-state index contributed by atoms with van der Waals surface area (Å²) in [5, 5.41) is 9.57. The molecule has 3 unspecified atom stereocenters. The zero-order valence-corrected chi connectivity index (χ0v) is 6.75. The maximum atomic E-state index is 9.57. The lowest BCUT2D eigenvalue weighted by atomic mass is 9.77. The van der Waals surface area contributed by atoms with Crippen molar-refractivity contribution in [1.29, 1.82) is 0 Å². The first kappa shape index (κ1) is 7.53. The molecular weight excluding hydrogens is 144 g/mol. The van der Waals surface area contributed by atoms with Crippen LogP contribution in [0.2, 0.25) is 0 Å². The van der Waals surface area contributed by atoms with E-state index >= 15 is 0 Å². The SMILES string of the molecule is CC12CC(CCC1O)COO2. The molecule has 1 N–H and O–H groups in total. The predicted molar refractivity (Wildman–Crippen MR) is 38.8 cm³/mol. The monoisotopic (exact) mass is 158 g/mol. The molecular formula is C8H14O3. The van der Waals surface area contributed by atoms with Gasteiger partial charge >= 0.3 is 0 Å². The molecule has 2 aliphatic rings. The van der Waals surface area contributed by atoms with Gasteiger partial charge in [0.1, 0.15) is 5.60 Å². The van der Waals surface area contributed by atoms with Crippen molar-refractivity contribution in [3.63, 3.8) is 0 Å². The van der Waals surface area contributed by atoms with E-state index in [4.69, 9.17) is 9.78 Å². The molecule has 3 nitrogen and oxygen atoms in total. The van der Waals surface area contributed by atoms with E-state index in [1.54, 1.807) is 0 Å². The fourth-order valence-electron chi connectivity index (χ4n) is 2.01. The second kappa shape index (κ2) is 2.44. The molecule has 1 aliphatic heterocycles. The lowest BCUT2D eigenvalue weighted by molar-refractivity contribution is -0.413. The van der Waals surface area contributed by atoms with Gasteiger partial charge in [0.15, 0.2) is 0 Å². The highest BCUT2D eigenvalue weighted by Gasteiger charge is 2.44. The number of rotatable bonds is 0. The van der Waals surface area contributed by atoms with Crippen LogP contribution in [0.15, 0.2) is 0 Å². The van der Waals surface area contributed by atoms with Crippen molar-refractivity contribution < 1.29 is 14.9 Å². The fourth-order valence-corrected chi connectivity index (χ4v) is 2.01. The molecule has 2 fully saturated rings. The molecule has 1 saturated carbocycles. The van der Waals surface area contributed by atoms with Crippen molar-refractivity contribution >= 4 is 0 Å². The third-order valence-corrected chi connectivity index (χ3v) is 2.80. The third kappa shape index (κ3) is 1.17. The molecule has 0 aromatic carbocycles. The summed E-state index contributed by atoms with van der Waals surface area (Å²) in [7, 11) is 0. The number of aliphatic hydroxyl groups excluding tert-OH is 1. The molecule has 1 saturated heterocycles. The average Bonchev–Trinajstić information content (AvgIpc) is 1.98. The van der Waals surface area contributed by atoms with Gasteiger partial charge < -0.3 is 5.11 Å². The molecule has 2 rings (SSSR count). The summed E-state index contributed by atoms with van der Waals surface area (Å²) in [6.45, 7) is 2.62. The Labute approximate surface area is 66.2 Å². The van der Waals surface area contributed by atoms with E-state index in [2.05, 4.69) is 0 Å². The van der Waals surface area contributed by atoms with Crippen molar-refractivity contribution in [3.05, 3.63) is 0 Å². The van der Waals surface area contributed by atoms with E-state index in [0.29, 0.717) is 12.5 Å². The number of hydrogen-bond donors (Lipinski definition) is 1. The Morgan fingerprint density at radius 1 is 1.45 bits per heavy atom. The van der Waals surface area contributed by atoms with Gasteiger partial charge in [-0.15, -0.1) is 0 Å². The Morgan fingerprint density at radius 2 is 2.27 bits per heavy atom. The number of fused-ring (bicyclic) bond motifs is 2. The van der Waals surface area contributed by atoms with E-state index in [1.807, 2.05) is 6.92 Å². The second-order valence-corrected chi connectivity index (χ2v) is 3.84. The van der Waals surface area contributed by atoms with E-state index in [-0.39, 0.29) is 6.10 Å². The van der Waals surface area contributed by atoms with Crippen LogP contribution in [0.1, 0.15) is 26.2 Å². The summed E-state index contributed by atoms with van der Waals surface area (Å²) in [6.07, 6.45) is 2.51. The maximum absolute atomic E-state index is 9.57. The molecule has 0 amide bonds. The molecule has 1 aliphatic carbocycles. The Bertz CT molecular complexity index is 159. The highest BCUT2D eigenvalue weighted by atomic mass is 17.2. The van der Waals surface area contributed by atoms with E-state index in [0.717, 1.165) is 19.3 Å². The van der Waals surface area contributed by atoms with Crippen LogP contribution in [0.25, 0.3) is 0 Å². The van der Waals surface area contributed by atoms with Gasteiger partial charge in [0.25, 0.3) is 0 Å². The van der Waals surface area contributed by atoms with Crippen molar-refractivity contribution in [2.24, 2.45) is 5.92 Å². The summed E-state index contributed by atoms with van der Waals surface area (Å²) < 4.78 is 0. The first-order chi connectivity index (χ1) is 5.21. The number of hydrogen-bond acceptors (Lipinski definition) is 3. The van der Waals surface area contributed by atoms with Gasteiger partial charge in [0.2, 0.25) is 0 Å². The smallest absolute Gasteiger partial charge is 0.127 e. The highest BCUT2D eigenvalue weighted by Crippen LogP contribution is 2.38. The van der Waals surface area contributed by atoms with Gasteiger partial charge in [-0.05, 0) is 32.1 Å². The minimum absolute atomic E-state index is 0.348. The summed E-state index contributed by atoms with van der Waals surface area (Å²) in [5.74, 6) is 0.595. The Balaban J connectivity index is 2.13. The Kier molecular flexibility index (Phi) is 1.67. The summed E-state index contributed by atoms with van der Waals surface area (Å²) >= 11 is 0. The van der Waals surface area contributed by atoms with Gasteiger partial charge in [-0.1, -0.05) is 0 Å². The molecule has 0 spiro atoms. The standard InChI is InChI=1S/C8H14O3/c1-8-4-6(5-10-11-8)2-3-7(8)9/h6-7,9H,2-5H2,1H3. The van der Waals surface area contributed by atoms with E-state index < -0.39 is 5.60 Å². The summed E-state index contributed by atoms with van der Waals surface area (Å²) in [6, 6.07) is 0. The van der Waals surface area contributed by atoms with Crippen LogP contribution < -0.4 is 0 Å². The number of aliphatic hydroxyl groups is 1. The molecule has 2 bridgehead atoms. The second-order valence-electron chi connectivity index (χ2n) is 3.84. The predicted octanol–water partition coefficient (Wildman–Crippen LogP) is 0.868.